The van der Waals surface area contributed by atoms with Crippen molar-refractivity contribution in [3.8, 4) is 0 Å². The normalized spacial score (nSPS) is 16.9. The Bertz CT molecular complexity index is 369. The Morgan fingerprint density at radius 3 is 2.74 bits per heavy atom. The highest BCUT2D eigenvalue weighted by Crippen LogP contribution is 2.26. The molecule has 0 saturated heterocycles. The number of rotatable bonds is 7. The van der Waals surface area contributed by atoms with E-state index >= 15 is 0 Å². The first-order chi connectivity index (χ1) is 9.19. The van der Waals surface area contributed by atoms with Gasteiger partial charge in [-0.1, -0.05) is 26.7 Å². The van der Waals surface area contributed by atoms with Gasteiger partial charge in [0.15, 0.2) is 0 Å². The van der Waals surface area contributed by atoms with Gasteiger partial charge in [-0.25, -0.2) is 4.98 Å². The summed E-state index contributed by atoms with van der Waals surface area (Å²) < 4.78 is 0. The largest absolute Gasteiger partial charge is 0.325 e. The lowest BCUT2D eigenvalue weighted by Gasteiger charge is -2.28. The van der Waals surface area contributed by atoms with Crippen LogP contribution in [0.3, 0.4) is 0 Å². The maximum atomic E-state index is 5.65. The quantitative estimate of drug-likeness (QED) is 0.833. The van der Waals surface area contributed by atoms with Crippen molar-refractivity contribution in [3.05, 3.63) is 16.1 Å². The van der Waals surface area contributed by atoms with Gasteiger partial charge in [0.2, 0.25) is 0 Å². The fourth-order valence-electron chi connectivity index (χ4n) is 2.81. The van der Waals surface area contributed by atoms with Gasteiger partial charge >= 0.3 is 0 Å². The molecule has 1 aliphatic carbocycles. The Kier molecular flexibility index (Phi) is 5.79. The molecular weight excluding hydrogens is 254 g/mol. The Hall–Kier alpha value is -0.450. The lowest BCUT2D eigenvalue weighted by Crippen LogP contribution is -2.34. The molecule has 0 bridgehead atoms. The van der Waals surface area contributed by atoms with Crippen LogP contribution >= 0.6 is 11.3 Å². The van der Waals surface area contributed by atoms with Gasteiger partial charge in [0.1, 0.15) is 5.01 Å². The van der Waals surface area contributed by atoms with Gasteiger partial charge in [-0.3, -0.25) is 4.90 Å². The third-order valence-electron chi connectivity index (χ3n) is 3.97. The van der Waals surface area contributed by atoms with Crippen LogP contribution in [0.15, 0.2) is 5.38 Å². The van der Waals surface area contributed by atoms with Crippen molar-refractivity contribution in [1.29, 1.82) is 0 Å². The molecule has 0 spiro atoms. The fraction of sp³-hybridized carbons (Fsp3) is 0.800. The molecule has 0 amide bonds. The van der Waals surface area contributed by atoms with Crippen LogP contribution in [0.1, 0.15) is 56.7 Å². The predicted molar refractivity (Wildman–Crippen MR) is 82.1 cm³/mol. The number of nitrogens with zero attached hydrogens (tertiary/aromatic N) is 2. The molecule has 1 fully saturated rings. The lowest BCUT2D eigenvalue weighted by molar-refractivity contribution is 0.177. The first kappa shape index (κ1) is 14.9. The van der Waals surface area contributed by atoms with Crippen LogP contribution in [0.2, 0.25) is 0 Å². The third kappa shape index (κ3) is 4.55. The van der Waals surface area contributed by atoms with Crippen LogP contribution in [0, 0.1) is 5.92 Å². The van der Waals surface area contributed by atoms with Gasteiger partial charge in [-0.05, 0) is 31.7 Å². The van der Waals surface area contributed by atoms with E-state index in [9.17, 15) is 0 Å². The van der Waals surface area contributed by atoms with Crippen LogP contribution in [0.4, 0.5) is 0 Å². The molecule has 19 heavy (non-hydrogen) atoms. The summed E-state index contributed by atoms with van der Waals surface area (Å²) in [6.45, 7) is 7.40. The number of hydrogen-bond acceptors (Lipinski definition) is 4. The summed E-state index contributed by atoms with van der Waals surface area (Å²) in [5, 5.41) is 3.24. The van der Waals surface area contributed by atoms with E-state index in [2.05, 4.69) is 29.1 Å². The molecule has 0 aromatic carbocycles. The van der Waals surface area contributed by atoms with E-state index in [-0.39, 0.29) is 0 Å². The summed E-state index contributed by atoms with van der Waals surface area (Å²) in [7, 11) is 0. The number of nitrogens with two attached hydrogens (primary N) is 1. The molecule has 108 valence electrons. The summed E-state index contributed by atoms with van der Waals surface area (Å²) in [6, 6.07) is 0.779. The van der Waals surface area contributed by atoms with E-state index in [0.717, 1.165) is 23.5 Å². The zero-order chi connectivity index (χ0) is 13.7. The van der Waals surface area contributed by atoms with Gasteiger partial charge in [0, 0.05) is 24.5 Å². The van der Waals surface area contributed by atoms with E-state index in [1.165, 1.54) is 44.3 Å². The molecule has 1 aromatic rings. The first-order valence-electron chi connectivity index (χ1n) is 7.56. The molecule has 2 N–H and O–H groups in total. The second-order valence-electron chi connectivity index (χ2n) is 6.03. The molecule has 4 heteroatoms. The zero-order valence-corrected chi connectivity index (χ0v) is 13.1. The second kappa shape index (κ2) is 7.36. The molecule has 1 aromatic heterocycles. The van der Waals surface area contributed by atoms with E-state index in [0.29, 0.717) is 6.54 Å². The lowest BCUT2D eigenvalue weighted by atomic mass is 10.1. The van der Waals surface area contributed by atoms with Crippen LogP contribution in [0.5, 0.6) is 0 Å². The van der Waals surface area contributed by atoms with Crippen LogP contribution in [-0.2, 0) is 13.1 Å². The summed E-state index contributed by atoms with van der Waals surface area (Å²) in [5.74, 6) is 0.777. The smallest absolute Gasteiger partial charge is 0.106 e. The van der Waals surface area contributed by atoms with Crippen LogP contribution in [-0.4, -0.2) is 22.5 Å². The monoisotopic (exact) mass is 281 g/mol. The molecule has 1 saturated carbocycles. The summed E-state index contributed by atoms with van der Waals surface area (Å²) in [4.78, 5) is 7.27. The topological polar surface area (TPSA) is 42.1 Å². The van der Waals surface area contributed by atoms with Crippen molar-refractivity contribution >= 4 is 11.3 Å². The maximum Gasteiger partial charge on any atom is 0.106 e. The fourth-order valence-corrected chi connectivity index (χ4v) is 3.47. The van der Waals surface area contributed by atoms with Crippen LogP contribution in [0.25, 0.3) is 0 Å². The number of aromatic nitrogens is 1. The molecule has 0 atom stereocenters. The molecule has 3 nitrogen and oxygen atoms in total. The second-order valence-corrected chi connectivity index (χ2v) is 6.97. The van der Waals surface area contributed by atoms with Crippen molar-refractivity contribution in [1.82, 2.24) is 9.88 Å². The summed E-state index contributed by atoms with van der Waals surface area (Å²) >= 11 is 1.70. The molecular formula is C15H27N3S. The van der Waals surface area contributed by atoms with E-state index in [1.807, 2.05) is 0 Å². The Balaban J connectivity index is 1.95. The van der Waals surface area contributed by atoms with E-state index < -0.39 is 0 Å². The third-order valence-corrected chi connectivity index (χ3v) is 4.89. The number of thiazole rings is 1. The van der Waals surface area contributed by atoms with Gasteiger partial charge < -0.3 is 5.73 Å². The van der Waals surface area contributed by atoms with Crippen LogP contribution < -0.4 is 5.73 Å². The van der Waals surface area contributed by atoms with E-state index in [1.54, 1.807) is 11.3 Å². The molecule has 0 unspecified atom stereocenters. The molecule has 0 aliphatic heterocycles. The van der Waals surface area contributed by atoms with Crippen molar-refractivity contribution in [2.24, 2.45) is 11.7 Å². The van der Waals surface area contributed by atoms with Gasteiger partial charge in [-0.15, -0.1) is 11.3 Å². The van der Waals surface area contributed by atoms with Crippen molar-refractivity contribution in [2.45, 2.75) is 65.1 Å². The predicted octanol–water partition coefficient (Wildman–Crippen LogP) is 3.39. The van der Waals surface area contributed by atoms with Crippen molar-refractivity contribution in [2.75, 3.05) is 6.54 Å². The SMILES string of the molecule is CC(C)CCN(Cc1csc(CN)n1)C1CCCC1. The van der Waals surface area contributed by atoms with Gasteiger partial charge in [-0.2, -0.15) is 0 Å². The molecule has 2 rings (SSSR count). The average Bonchev–Trinajstić information content (AvgIpc) is 3.05. The van der Waals surface area contributed by atoms with Crippen molar-refractivity contribution < 1.29 is 0 Å². The maximum absolute atomic E-state index is 5.65. The summed E-state index contributed by atoms with van der Waals surface area (Å²) in [6.07, 6.45) is 6.81. The average molecular weight is 281 g/mol. The first-order valence-corrected chi connectivity index (χ1v) is 8.44. The zero-order valence-electron chi connectivity index (χ0n) is 12.3. The standard InChI is InChI=1S/C15H27N3S/c1-12(2)7-8-18(14-5-3-4-6-14)10-13-11-19-15(9-16)17-13/h11-12,14H,3-10,16H2,1-2H3. The Morgan fingerprint density at radius 1 is 1.42 bits per heavy atom. The Labute approximate surface area is 121 Å². The molecule has 1 heterocycles. The van der Waals surface area contributed by atoms with E-state index in [4.69, 9.17) is 5.73 Å². The number of hydrogen-bond donors (Lipinski definition) is 1. The highest BCUT2D eigenvalue weighted by molar-refractivity contribution is 7.09. The minimum absolute atomic E-state index is 0.570. The van der Waals surface area contributed by atoms with Gasteiger partial charge in [0.05, 0.1) is 5.69 Å². The molecule has 0 radical (unpaired) electrons. The van der Waals surface area contributed by atoms with Gasteiger partial charge in [0.25, 0.3) is 0 Å². The Morgan fingerprint density at radius 2 is 2.16 bits per heavy atom. The van der Waals surface area contributed by atoms with Crippen molar-refractivity contribution in [3.63, 3.8) is 0 Å². The minimum Gasteiger partial charge on any atom is -0.325 e. The molecule has 1 aliphatic rings. The highest BCUT2D eigenvalue weighted by Gasteiger charge is 2.23. The highest BCUT2D eigenvalue weighted by atomic mass is 32.1. The summed E-state index contributed by atoms with van der Waals surface area (Å²) in [5.41, 5.74) is 6.86. The minimum atomic E-state index is 0.570.